The standard InChI is InChI=1S/C27H39N3O5S/c1-6-25(27(32)28-19-21(3)4)29(18-17-22-11-9-8-10-12-22)26(31)20-30(36(5,33)34)23-13-15-24(16-14-23)35-7-2/h8-16,21,25H,6-7,17-20H2,1-5H3,(H,28,32)/t25-/m1/s1. The Morgan fingerprint density at radius 3 is 2.17 bits per heavy atom. The molecule has 36 heavy (non-hydrogen) atoms. The van der Waals surface area contributed by atoms with Crippen molar-refractivity contribution in [2.24, 2.45) is 5.92 Å². The Morgan fingerprint density at radius 1 is 1.00 bits per heavy atom. The van der Waals surface area contributed by atoms with Crippen LogP contribution in [0.1, 0.15) is 39.7 Å². The molecule has 2 aromatic rings. The van der Waals surface area contributed by atoms with E-state index in [4.69, 9.17) is 4.74 Å². The zero-order valence-corrected chi connectivity index (χ0v) is 22.8. The molecule has 1 atom stereocenters. The van der Waals surface area contributed by atoms with Crippen molar-refractivity contribution < 1.29 is 22.7 Å². The molecule has 0 aliphatic carbocycles. The first-order valence-corrected chi connectivity index (χ1v) is 14.2. The Labute approximate surface area is 215 Å². The van der Waals surface area contributed by atoms with Gasteiger partial charge in [-0.05, 0) is 55.5 Å². The third-order valence-electron chi connectivity index (χ3n) is 5.67. The van der Waals surface area contributed by atoms with Crippen molar-refractivity contribution in [1.82, 2.24) is 10.2 Å². The summed E-state index contributed by atoms with van der Waals surface area (Å²) in [6, 6.07) is 15.5. The zero-order chi connectivity index (χ0) is 26.7. The van der Waals surface area contributed by atoms with Gasteiger partial charge in [0.05, 0.1) is 18.6 Å². The summed E-state index contributed by atoms with van der Waals surface area (Å²) in [7, 11) is -3.77. The predicted molar refractivity (Wildman–Crippen MR) is 144 cm³/mol. The first kappa shape index (κ1) is 29.2. The lowest BCUT2D eigenvalue weighted by atomic mass is 10.1. The molecule has 198 valence electrons. The summed E-state index contributed by atoms with van der Waals surface area (Å²) in [5, 5.41) is 2.92. The molecule has 0 aliphatic rings. The van der Waals surface area contributed by atoms with Crippen molar-refractivity contribution in [2.45, 2.75) is 46.6 Å². The highest BCUT2D eigenvalue weighted by Crippen LogP contribution is 2.22. The van der Waals surface area contributed by atoms with E-state index in [9.17, 15) is 18.0 Å². The fraction of sp³-hybridized carbons (Fsp3) is 0.481. The van der Waals surface area contributed by atoms with E-state index in [1.54, 1.807) is 24.3 Å². The molecule has 0 spiro atoms. The number of anilines is 1. The summed E-state index contributed by atoms with van der Waals surface area (Å²) in [5.41, 5.74) is 1.38. The second kappa shape index (κ2) is 13.9. The monoisotopic (exact) mass is 517 g/mol. The number of hydrogen-bond acceptors (Lipinski definition) is 5. The summed E-state index contributed by atoms with van der Waals surface area (Å²) in [6.07, 6.45) is 2.02. The van der Waals surface area contributed by atoms with Crippen LogP contribution in [0, 0.1) is 5.92 Å². The SMILES string of the molecule is CCOc1ccc(N(CC(=O)N(CCc2ccccc2)[C@H](CC)C(=O)NCC(C)C)S(C)(=O)=O)cc1. The van der Waals surface area contributed by atoms with Gasteiger partial charge in [-0.15, -0.1) is 0 Å². The summed E-state index contributed by atoms with van der Waals surface area (Å²) >= 11 is 0. The molecule has 1 N–H and O–H groups in total. The van der Waals surface area contributed by atoms with Crippen molar-refractivity contribution in [3.63, 3.8) is 0 Å². The fourth-order valence-electron chi connectivity index (χ4n) is 3.81. The highest BCUT2D eigenvalue weighted by molar-refractivity contribution is 7.92. The number of carbonyl (C=O) groups excluding carboxylic acids is 2. The van der Waals surface area contributed by atoms with Gasteiger partial charge in [0.15, 0.2) is 0 Å². The molecule has 0 heterocycles. The number of carbonyl (C=O) groups is 2. The van der Waals surface area contributed by atoms with Crippen molar-refractivity contribution >= 4 is 27.5 Å². The van der Waals surface area contributed by atoms with E-state index in [-0.39, 0.29) is 18.4 Å². The quantitative estimate of drug-likeness (QED) is 0.414. The van der Waals surface area contributed by atoms with Gasteiger partial charge >= 0.3 is 0 Å². The number of nitrogens with zero attached hydrogens (tertiary/aromatic N) is 2. The predicted octanol–water partition coefficient (Wildman–Crippen LogP) is 3.47. The molecule has 2 aromatic carbocycles. The maximum absolute atomic E-state index is 13.6. The molecule has 2 rings (SSSR count). The molecule has 0 bridgehead atoms. The van der Waals surface area contributed by atoms with Crippen LogP contribution in [0.4, 0.5) is 5.69 Å². The first-order valence-electron chi connectivity index (χ1n) is 12.4. The average molecular weight is 518 g/mol. The first-order chi connectivity index (χ1) is 17.1. The van der Waals surface area contributed by atoms with E-state index < -0.39 is 28.5 Å². The molecular weight excluding hydrogens is 478 g/mol. The maximum atomic E-state index is 13.6. The van der Waals surface area contributed by atoms with Gasteiger partial charge in [-0.1, -0.05) is 51.1 Å². The fourth-order valence-corrected chi connectivity index (χ4v) is 4.66. The van der Waals surface area contributed by atoms with Gasteiger partial charge in [0.25, 0.3) is 0 Å². The molecule has 0 aromatic heterocycles. The Bertz CT molecular complexity index is 1070. The van der Waals surface area contributed by atoms with Gasteiger partial charge in [0.1, 0.15) is 18.3 Å². The number of nitrogens with one attached hydrogen (secondary N) is 1. The van der Waals surface area contributed by atoms with Crippen molar-refractivity contribution in [3.05, 3.63) is 60.2 Å². The highest BCUT2D eigenvalue weighted by Gasteiger charge is 2.31. The van der Waals surface area contributed by atoms with Crippen LogP contribution in [0.3, 0.4) is 0 Å². The van der Waals surface area contributed by atoms with Crippen molar-refractivity contribution in [3.8, 4) is 5.75 Å². The molecule has 0 radical (unpaired) electrons. The number of amides is 2. The van der Waals surface area contributed by atoms with Crippen LogP contribution in [0.15, 0.2) is 54.6 Å². The number of benzene rings is 2. The van der Waals surface area contributed by atoms with E-state index in [2.05, 4.69) is 5.32 Å². The summed E-state index contributed by atoms with van der Waals surface area (Å²) in [5.74, 6) is 0.204. The van der Waals surface area contributed by atoms with Crippen LogP contribution < -0.4 is 14.4 Å². The minimum Gasteiger partial charge on any atom is -0.494 e. The van der Waals surface area contributed by atoms with Gasteiger partial charge in [0.2, 0.25) is 21.8 Å². The molecule has 2 amide bonds. The zero-order valence-electron chi connectivity index (χ0n) is 21.9. The van der Waals surface area contributed by atoms with Gasteiger partial charge in [-0.2, -0.15) is 0 Å². The Morgan fingerprint density at radius 2 is 1.64 bits per heavy atom. The van der Waals surface area contributed by atoms with Gasteiger partial charge in [-0.3, -0.25) is 13.9 Å². The lowest BCUT2D eigenvalue weighted by Crippen LogP contribution is -2.53. The number of sulfonamides is 1. The molecular formula is C27H39N3O5S. The number of hydrogen-bond donors (Lipinski definition) is 1. The smallest absolute Gasteiger partial charge is 0.244 e. The minimum absolute atomic E-state index is 0.236. The van der Waals surface area contributed by atoms with Crippen LogP contribution in [0.5, 0.6) is 5.75 Å². The Balaban J connectivity index is 2.33. The molecule has 0 saturated carbocycles. The normalized spacial score (nSPS) is 12.2. The van der Waals surface area contributed by atoms with Crippen LogP contribution in [0.2, 0.25) is 0 Å². The number of ether oxygens (including phenoxy) is 1. The lowest BCUT2D eigenvalue weighted by molar-refractivity contribution is -0.139. The van der Waals surface area contributed by atoms with Gasteiger partial charge in [0, 0.05) is 13.1 Å². The Hall–Kier alpha value is -3.07. The second-order valence-corrected chi connectivity index (χ2v) is 11.0. The van der Waals surface area contributed by atoms with Crippen molar-refractivity contribution in [2.75, 3.05) is 36.8 Å². The molecule has 8 nitrogen and oxygen atoms in total. The lowest BCUT2D eigenvalue weighted by Gasteiger charge is -2.33. The summed E-state index contributed by atoms with van der Waals surface area (Å²) in [4.78, 5) is 28.2. The molecule has 0 aliphatic heterocycles. The Kier molecular flexibility index (Phi) is 11.2. The van der Waals surface area contributed by atoms with Crippen LogP contribution in [0.25, 0.3) is 0 Å². The van der Waals surface area contributed by atoms with Gasteiger partial charge in [-0.25, -0.2) is 8.42 Å². The third-order valence-corrected chi connectivity index (χ3v) is 6.81. The largest absolute Gasteiger partial charge is 0.494 e. The second-order valence-electron chi connectivity index (χ2n) is 9.08. The van der Waals surface area contributed by atoms with E-state index in [1.165, 1.54) is 4.90 Å². The van der Waals surface area contributed by atoms with Crippen molar-refractivity contribution in [1.29, 1.82) is 0 Å². The maximum Gasteiger partial charge on any atom is 0.244 e. The molecule has 0 saturated heterocycles. The van der Waals surface area contributed by atoms with Gasteiger partial charge < -0.3 is 15.0 Å². The molecule has 9 heteroatoms. The van der Waals surface area contributed by atoms with E-state index in [0.29, 0.717) is 37.4 Å². The number of rotatable bonds is 14. The van der Waals surface area contributed by atoms with E-state index in [1.807, 2.05) is 58.0 Å². The summed E-state index contributed by atoms with van der Waals surface area (Å²) in [6.45, 7) is 8.58. The highest BCUT2D eigenvalue weighted by atomic mass is 32.2. The topological polar surface area (TPSA) is 96.0 Å². The van der Waals surface area contributed by atoms with E-state index >= 15 is 0 Å². The van der Waals surface area contributed by atoms with Crippen LogP contribution in [-0.2, 0) is 26.0 Å². The molecule has 0 fully saturated rings. The molecule has 0 unspecified atom stereocenters. The summed E-state index contributed by atoms with van der Waals surface area (Å²) < 4.78 is 31.9. The van der Waals surface area contributed by atoms with Crippen LogP contribution in [-0.4, -0.2) is 63.7 Å². The van der Waals surface area contributed by atoms with E-state index in [0.717, 1.165) is 16.1 Å². The van der Waals surface area contributed by atoms with Crippen LogP contribution >= 0.6 is 0 Å². The third kappa shape index (κ3) is 8.86. The average Bonchev–Trinajstić information content (AvgIpc) is 2.84. The minimum atomic E-state index is -3.77.